The summed E-state index contributed by atoms with van der Waals surface area (Å²) in [6, 6.07) is 15.3. The minimum atomic E-state index is -3.83. The monoisotopic (exact) mass is 620 g/mol. The molecule has 0 atom stereocenters. The number of aryl methyl sites for hydroxylation is 1. The van der Waals surface area contributed by atoms with Gasteiger partial charge in [-0.3, -0.25) is 14.0 Å². The number of carbonyl (C=O) groups is 1. The SMILES string of the molecule is CCN(CC)CCN(C(=O)c1ccc(S(=O)(=O)N2CCCc3ccccc32)cc1)c1nc2c(F)cc(F)cc2s1.Cl. The van der Waals surface area contributed by atoms with E-state index in [4.69, 9.17) is 0 Å². The van der Waals surface area contributed by atoms with Crippen molar-refractivity contribution < 1.29 is 22.0 Å². The van der Waals surface area contributed by atoms with Crippen LogP contribution in [0.2, 0.25) is 0 Å². The summed E-state index contributed by atoms with van der Waals surface area (Å²) in [5, 5.41) is 0.248. The molecule has 0 N–H and O–H groups in total. The molecule has 4 aromatic rings. The van der Waals surface area contributed by atoms with Crippen LogP contribution >= 0.6 is 23.7 Å². The molecule has 1 amide bonds. The number of hydrogen-bond donors (Lipinski definition) is 0. The van der Waals surface area contributed by atoms with Gasteiger partial charge in [-0.1, -0.05) is 43.4 Å². The van der Waals surface area contributed by atoms with Crippen LogP contribution < -0.4 is 9.21 Å². The van der Waals surface area contributed by atoms with E-state index in [-0.39, 0.29) is 40.1 Å². The first-order valence-electron chi connectivity index (χ1n) is 13.2. The first-order chi connectivity index (χ1) is 19.2. The van der Waals surface area contributed by atoms with Gasteiger partial charge < -0.3 is 4.90 Å². The Balaban J connectivity index is 0.00000387. The Morgan fingerprint density at radius 1 is 1.02 bits per heavy atom. The molecule has 2 heterocycles. The fourth-order valence-corrected chi connectivity index (χ4v) is 7.50. The largest absolute Gasteiger partial charge is 0.302 e. The number of amides is 1. The van der Waals surface area contributed by atoms with Crippen molar-refractivity contribution in [2.24, 2.45) is 0 Å². The summed E-state index contributed by atoms with van der Waals surface area (Å²) in [5.41, 5.74) is 1.94. The average Bonchev–Trinajstić information content (AvgIpc) is 3.39. The van der Waals surface area contributed by atoms with E-state index in [1.165, 1.54) is 39.5 Å². The maximum atomic E-state index is 14.4. The lowest BCUT2D eigenvalue weighted by Crippen LogP contribution is -2.39. The fourth-order valence-electron chi connectivity index (χ4n) is 4.93. The highest BCUT2D eigenvalue weighted by atomic mass is 35.5. The summed E-state index contributed by atoms with van der Waals surface area (Å²) >= 11 is 1.04. The molecule has 0 bridgehead atoms. The van der Waals surface area contributed by atoms with Crippen molar-refractivity contribution in [3.05, 3.63) is 83.4 Å². The van der Waals surface area contributed by atoms with Gasteiger partial charge in [0.15, 0.2) is 10.9 Å². The summed E-state index contributed by atoms with van der Waals surface area (Å²) in [4.78, 5) is 21.7. The number of hydrogen-bond acceptors (Lipinski definition) is 6. The van der Waals surface area contributed by atoms with Gasteiger partial charge in [0.2, 0.25) is 0 Å². The van der Waals surface area contributed by atoms with Crippen molar-refractivity contribution in [2.45, 2.75) is 31.6 Å². The van der Waals surface area contributed by atoms with E-state index in [9.17, 15) is 22.0 Å². The number of aromatic nitrogens is 1. The second-order valence-electron chi connectivity index (χ2n) is 9.55. The van der Waals surface area contributed by atoms with Gasteiger partial charge in [0.25, 0.3) is 15.9 Å². The van der Waals surface area contributed by atoms with Crippen molar-refractivity contribution >= 4 is 60.7 Å². The standard InChI is InChI=1S/C29H30F2N4O3S2.ClH/c1-3-33(4-2)16-17-34(29-32-27-24(31)18-22(30)19-26(27)39-29)28(36)21-11-13-23(14-12-21)40(37,38)35-15-7-9-20-8-5-6-10-25(20)35;/h5-6,8,10-14,18-19H,3-4,7,9,15-17H2,1-2H3;1H. The second kappa shape index (κ2) is 12.8. The molecular formula is C29H31ClF2N4O3S2. The Labute approximate surface area is 248 Å². The number of nitrogens with zero attached hydrogens (tertiary/aromatic N) is 4. The number of carbonyl (C=O) groups excluding carboxylic acids is 1. The van der Waals surface area contributed by atoms with Crippen molar-refractivity contribution in [1.29, 1.82) is 0 Å². The zero-order valence-electron chi connectivity index (χ0n) is 22.7. The number of sulfonamides is 1. The number of rotatable bonds is 9. The predicted octanol–water partition coefficient (Wildman–Crippen LogP) is 6.13. The molecule has 0 unspecified atom stereocenters. The summed E-state index contributed by atoms with van der Waals surface area (Å²) in [6.07, 6.45) is 1.54. The zero-order valence-corrected chi connectivity index (χ0v) is 25.2. The van der Waals surface area contributed by atoms with Crippen LogP contribution in [0.15, 0.2) is 65.6 Å². The minimum Gasteiger partial charge on any atom is -0.302 e. The van der Waals surface area contributed by atoms with E-state index in [0.717, 1.165) is 48.9 Å². The molecule has 12 heteroatoms. The number of benzene rings is 3. The van der Waals surface area contributed by atoms with Gasteiger partial charge in [-0.15, -0.1) is 12.4 Å². The normalized spacial score (nSPS) is 13.2. The van der Waals surface area contributed by atoms with Crippen LogP contribution in [0, 0.1) is 11.6 Å². The maximum absolute atomic E-state index is 14.4. The van der Waals surface area contributed by atoms with Crippen molar-refractivity contribution in [3.8, 4) is 0 Å². The summed E-state index contributed by atoms with van der Waals surface area (Å²) in [6.45, 7) is 6.81. The average molecular weight is 621 g/mol. The Hall–Kier alpha value is -3.12. The Kier molecular flexibility index (Phi) is 9.63. The maximum Gasteiger partial charge on any atom is 0.264 e. The molecule has 41 heavy (non-hydrogen) atoms. The highest BCUT2D eigenvalue weighted by molar-refractivity contribution is 7.92. The molecule has 0 saturated heterocycles. The third kappa shape index (κ3) is 6.23. The molecule has 5 rings (SSSR count). The smallest absolute Gasteiger partial charge is 0.264 e. The lowest BCUT2D eigenvalue weighted by molar-refractivity contribution is 0.0983. The van der Waals surface area contributed by atoms with Gasteiger partial charge in [-0.25, -0.2) is 22.2 Å². The van der Waals surface area contributed by atoms with Gasteiger partial charge in [0.1, 0.15) is 11.3 Å². The fraction of sp³-hybridized carbons (Fsp3) is 0.310. The first-order valence-corrected chi connectivity index (χ1v) is 15.5. The molecule has 1 aliphatic heterocycles. The van der Waals surface area contributed by atoms with E-state index in [1.54, 1.807) is 0 Å². The van der Waals surface area contributed by atoms with E-state index in [0.29, 0.717) is 23.5 Å². The topological polar surface area (TPSA) is 73.8 Å². The highest BCUT2D eigenvalue weighted by Gasteiger charge is 2.30. The van der Waals surface area contributed by atoms with Gasteiger partial charge in [-0.05, 0) is 67.9 Å². The third-order valence-electron chi connectivity index (χ3n) is 7.17. The Morgan fingerprint density at radius 3 is 2.44 bits per heavy atom. The van der Waals surface area contributed by atoms with Gasteiger partial charge >= 0.3 is 0 Å². The molecule has 0 saturated carbocycles. The van der Waals surface area contributed by atoms with Gasteiger partial charge in [0, 0.05) is 31.3 Å². The lowest BCUT2D eigenvalue weighted by Gasteiger charge is -2.30. The summed E-state index contributed by atoms with van der Waals surface area (Å²) in [7, 11) is -3.83. The quantitative estimate of drug-likeness (QED) is 0.225. The molecule has 0 spiro atoms. The number of likely N-dealkylation sites (N-methyl/N-ethyl adjacent to an activating group) is 1. The molecular weight excluding hydrogens is 590 g/mol. The number of thiazole rings is 1. The van der Waals surface area contributed by atoms with Gasteiger partial charge in [-0.2, -0.15) is 0 Å². The van der Waals surface area contributed by atoms with Gasteiger partial charge in [0.05, 0.1) is 15.3 Å². The minimum absolute atomic E-state index is 0. The summed E-state index contributed by atoms with van der Waals surface area (Å²) < 4.78 is 57.0. The van der Waals surface area contributed by atoms with Crippen LogP contribution in [-0.4, -0.2) is 56.9 Å². The van der Waals surface area contributed by atoms with Crippen molar-refractivity contribution in [1.82, 2.24) is 9.88 Å². The molecule has 3 aromatic carbocycles. The van der Waals surface area contributed by atoms with Crippen LogP contribution in [0.25, 0.3) is 10.2 Å². The first kappa shape index (κ1) is 30.8. The van der Waals surface area contributed by atoms with Crippen LogP contribution in [0.4, 0.5) is 19.6 Å². The number of fused-ring (bicyclic) bond motifs is 2. The molecule has 0 radical (unpaired) electrons. The number of para-hydroxylation sites is 1. The highest BCUT2D eigenvalue weighted by Crippen LogP contribution is 2.34. The van der Waals surface area contributed by atoms with E-state index < -0.39 is 27.6 Å². The molecule has 0 aliphatic carbocycles. The molecule has 1 aliphatic rings. The van der Waals surface area contributed by atoms with E-state index in [1.807, 2.05) is 38.1 Å². The number of anilines is 2. The van der Waals surface area contributed by atoms with Crippen LogP contribution in [0.1, 0.15) is 36.2 Å². The lowest BCUT2D eigenvalue weighted by atomic mass is 10.0. The van der Waals surface area contributed by atoms with Crippen molar-refractivity contribution in [2.75, 3.05) is 41.9 Å². The third-order valence-corrected chi connectivity index (χ3v) is 10.0. The molecule has 218 valence electrons. The van der Waals surface area contributed by atoms with Crippen LogP contribution in [0.3, 0.4) is 0 Å². The Morgan fingerprint density at radius 2 is 1.73 bits per heavy atom. The molecule has 0 fully saturated rings. The number of halogens is 3. The second-order valence-corrected chi connectivity index (χ2v) is 12.4. The Bertz CT molecular complexity index is 1640. The van der Waals surface area contributed by atoms with Crippen LogP contribution in [0.5, 0.6) is 0 Å². The van der Waals surface area contributed by atoms with Crippen molar-refractivity contribution in [3.63, 3.8) is 0 Å². The van der Waals surface area contributed by atoms with Crippen LogP contribution in [-0.2, 0) is 16.4 Å². The molecule has 7 nitrogen and oxygen atoms in total. The van der Waals surface area contributed by atoms with E-state index >= 15 is 0 Å². The summed E-state index contributed by atoms with van der Waals surface area (Å²) in [5.74, 6) is -1.91. The van der Waals surface area contributed by atoms with E-state index in [2.05, 4.69) is 9.88 Å². The predicted molar refractivity (Wildman–Crippen MR) is 162 cm³/mol. The zero-order chi connectivity index (χ0) is 28.4. The molecule has 1 aromatic heterocycles.